The second kappa shape index (κ2) is 5.13. The van der Waals surface area contributed by atoms with E-state index in [-0.39, 0.29) is 16.9 Å². The molecule has 0 saturated carbocycles. The molecule has 21 heavy (non-hydrogen) atoms. The zero-order chi connectivity index (χ0) is 15.0. The van der Waals surface area contributed by atoms with E-state index in [1.54, 1.807) is 41.6 Å². The molecule has 0 radical (unpaired) electrons. The van der Waals surface area contributed by atoms with Gasteiger partial charge in [0.05, 0.1) is 6.54 Å². The number of nitrogens with two attached hydrogens (primary N) is 1. The van der Waals surface area contributed by atoms with Crippen LogP contribution >= 0.6 is 11.3 Å². The van der Waals surface area contributed by atoms with Crippen LogP contribution in [0, 0.1) is 0 Å². The highest BCUT2D eigenvalue weighted by molar-refractivity contribution is 7.89. The Hall–Kier alpha value is -1.91. The molecule has 0 aliphatic carbocycles. The lowest BCUT2D eigenvalue weighted by atomic mass is 10.4. The summed E-state index contributed by atoms with van der Waals surface area (Å²) in [5, 5.41) is 5.79. The van der Waals surface area contributed by atoms with Crippen molar-refractivity contribution in [3.8, 4) is 0 Å². The van der Waals surface area contributed by atoms with Gasteiger partial charge >= 0.3 is 0 Å². The summed E-state index contributed by atoms with van der Waals surface area (Å²) >= 11 is 1.33. The number of thiazole rings is 1. The number of nitrogen functional groups attached to an aromatic ring is 1. The minimum atomic E-state index is -3.76. The van der Waals surface area contributed by atoms with Crippen LogP contribution in [0.25, 0.3) is 4.96 Å². The Morgan fingerprint density at radius 3 is 3.00 bits per heavy atom. The van der Waals surface area contributed by atoms with Gasteiger partial charge in [-0.15, -0.1) is 11.3 Å². The zero-order valence-electron chi connectivity index (χ0n) is 11.2. The Balaban J connectivity index is 1.86. The highest BCUT2D eigenvalue weighted by Crippen LogP contribution is 2.23. The van der Waals surface area contributed by atoms with E-state index < -0.39 is 10.0 Å². The molecule has 8 nitrogen and oxygen atoms in total. The smallest absolute Gasteiger partial charge is 0.260 e. The lowest BCUT2D eigenvalue weighted by Gasteiger charge is -2.14. The summed E-state index contributed by atoms with van der Waals surface area (Å²) in [7, 11) is -3.76. The quantitative estimate of drug-likeness (QED) is 0.711. The van der Waals surface area contributed by atoms with Gasteiger partial charge in [-0.2, -0.15) is 5.10 Å². The number of imidazole rings is 1. The summed E-state index contributed by atoms with van der Waals surface area (Å²) in [4.78, 5) is 4.59. The molecule has 0 aliphatic rings. The number of hydrogen-bond acceptors (Lipinski definition) is 6. The average molecular weight is 326 g/mol. The van der Waals surface area contributed by atoms with E-state index >= 15 is 0 Å². The fourth-order valence-electron chi connectivity index (χ4n) is 2.10. The second-order valence-corrected chi connectivity index (χ2v) is 7.11. The van der Waals surface area contributed by atoms with Gasteiger partial charge in [0.25, 0.3) is 10.0 Å². The Labute approximate surface area is 125 Å². The van der Waals surface area contributed by atoms with Gasteiger partial charge in [-0.1, -0.05) is 0 Å². The SMILES string of the molecule is CC(Cn1cccn1)NS(=O)(=O)c1c(N)nc2sccn12. The predicted molar refractivity (Wildman–Crippen MR) is 79.5 cm³/mol. The van der Waals surface area contributed by atoms with Gasteiger partial charge in [-0.3, -0.25) is 9.08 Å². The normalized spacial score (nSPS) is 13.8. The summed E-state index contributed by atoms with van der Waals surface area (Å²) in [6, 6.07) is 1.45. The fourth-order valence-corrected chi connectivity index (χ4v) is 4.32. The maximum absolute atomic E-state index is 12.5. The first kappa shape index (κ1) is 14.0. The van der Waals surface area contributed by atoms with Crippen LogP contribution in [-0.2, 0) is 16.6 Å². The largest absolute Gasteiger partial charge is 0.381 e. The molecule has 112 valence electrons. The summed E-state index contributed by atoms with van der Waals surface area (Å²) in [6.45, 7) is 2.19. The lowest BCUT2D eigenvalue weighted by molar-refractivity contribution is 0.492. The first-order valence-corrected chi connectivity index (χ1v) is 8.54. The first-order valence-electron chi connectivity index (χ1n) is 6.18. The van der Waals surface area contributed by atoms with Crippen LogP contribution < -0.4 is 10.5 Å². The van der Waals surface area contributed by atoms with E-state index in [2.05, 4.69) is 14.8 Å². The van der Waals surface area contributed by atoms with Crippen LogP contribution in [0.5, 0.6) is 0 Å². The van der Waals surface area contributed by atoms with Crippen LogP contribution in [0.2, 0.25) is 0 Å². The molecular weight excluding hydrogens is 312 g/mol. The predicted octanol–water partition coefficient (Wildman–Crippen LogP) is 0.542. The molecule has 3 rings (SSSR count). The number of rotatable bonds is 5. The molecule has 3 N–H and O–H groups in total. The molecule has 3 aromatic heterocycles. The van der Waals surface area contributed by atoms with Crippen molar-refractivity contribution in [3.63, 3.8) is 0 Å². The molecule has 3 aromatic rings. The number of nitrogens with zero attached hydrogens (tertiary/aromatic N) is 4. The van der Waals surface area contributed by atoms with Gasteiger partial charge in [0.1, 0.15) is 0 Å². The summed E-state index contributed by atoms with van der Waals surface area (Å²) in [5.74, 6) is 0.000592. The Morgan fingerprint density at radius 2 is 2.29 bits per heavy atom. The average Bonchev–Trinajstić information content (AvgIpc) is 3.04. The van der Waals surface area contributed by atoms with Crippen molar-refractivity contribution >= 4 is 32.1 Å². The molecule has 0 aliphatic heterocycles. The molecular formula is C11H14N6O2S2. The summed E-state index contributed by atoms with van der Waals surface area (Å²) in [6.07, 6.45) is 5.05. The third kappa shape index (κ3) is 2.64. The number of fused-ring (bicyclic) bond motifs is 1. The maximum Gasteiger partial charge on any atom is 0.260 e. The van der Waals surface area contributed by atoms with Crippen molar-refractivity contribution in [1.29, 1.82) is 0 Å². The highest BCUT2D eigenvalue weighted by Gasteiger charge is 2.26. The molecule has 0 bridgehead atoms. The van der Waals surface area contributed by atoms with Gasteiger partial charge in [-0.05, 0) is 13.0 Å². The highest BCUT2D eigenvalue weighted by atomic mass is 32.2. The molecule has 3 heterocycles. The molecule has 0 aromatic carbocycles. The van der Waals surface area contributed by atoms with E-state index in [0.717, 1.165) is 0 Å². The lowest BCUT2D eigenvalue weighted by Crippen LogP contribution is -2.36. The van der Waals surface area contributed by atoms with Crippen molar-refractivity contribution in [2.24, 2.45) is 0 Å². The van der Waals surface area contributed by atoms with Gasteiger partial charge < -0.3 is 5.73 Å². The number of nitrogens with one attached hydrogen (secondary N) is 1. The van der Waals surface area contributed by atoms with E-state index in [1.165, 1.54) is 15.7 Å². The molecule has 0 amide bonds. The molecule has 1 unspecified atom stereocenters. The van der Waals surface area contributed by atoms with Crippen molar-refractivity contribution in [3.05, 3.63) is 30.0 Å². The molecule has 1 atom stereocenters. The van der Waals surface area contributed by atoms with Crippen molar-refractivity contribution in [2.45, 2.75) is 24.5 Å². The van der Waals surface area contributed by atoms with Gasteiger partial charge in [0, 0.05) is 30.0 Å². The maximum atomic E-state index is 12.5. The Bertz CT molecular complexity index is 849. The van der Waals surface area contributed by atoms with E-state index in [0.29, 0.717) is 11.5 Å². The van der Waals surface area contributed by atoms with Crippen molar-refractivity contribution in [1.82, 2.24) is 23.9 Å². The third-order valence-corrected chi connectivity index (χ3v) is 5.26. The standard InChI is InChI=1S/C11H14N6O2S2/c1-8(7-16-4-2-3-13-16)15-21(18,19)10-9(12)14-11-17(10)5-6-20-11/h2-6,8,15H,7,12H2,1H3. The molecule has 0 saturated heterocycles. The van der Waals surface area contributed by atoms with Crippen LogP contribution in [-0.4, -0.2) is 33.6 Å². The minimum absolute atomic E-state index is 0.000592. The minimum Gasteiger partial charge on any atom is -0.381 e. The molecule has 0 fully saturated rings. The fraction of sp³-hybridized carbons (Fsp3) is 0.273. The number of anilines is 1. The molecule has 10 heteroatoms. The van der Waals surface area contributed by atoms with E-state index in [4.69, 9.17) is 5.73 Å². The van der Waals surface area contributed by atoms with Crippen LogP contribution in [0.1, 0.15) is 6.92 Å². The van der Waals surface area contributed by atoms with Gasteiger partial charge in [-0.25, -0.2) is 18.1 Å². The van der Waals surface area contributed by atoms with E-state index in [9.17, 15) is 8.42 Å². The number of sulfonamides is 1. The first-order chi connectivity index (χ1) is 9.97. The molecule has 0 spiro atoms. The Kier molecular flexibility index (Phi) is 3.43. The van der Waals surface area contributed by atoms with Crippen LogP contribution in [0.3, 0.4) is 0 Å². The zero-order valence-corrected chi connectivity index (χ0v) is 12.8. The van der Waals surface area contributed by atoms with Crippen molar-refractivity contribution < 1.29 is 8.42 Å². The second-order valence-electron chi connectivity index (χ2n) is 4.61. The van der Waals surface area contributed by atoms with Crippen LogP contribution in [0.15, 0.2) is 35.1 Å². The summed E-state index contributed by atoms with van der Waals surface area (Å²) in [5.41, 5.74) is 5.73. The van der Waals surface area contributed by atoms with Gasteiger partial charge in [0.2, 0.25) is 0 Å². The monoisotopic (exact) mass is 326 g/mol. The third-order valence-electron chi connectivity index (χ3n) is 2.87. The van der Waals surface area contributed by atoms with Gasteiger partial charge in [0.15, 0.2) is 15.8 Å². The summed E-state index contributed by atoms with van der Waals surface area (Å²) < 4.78 is 30.7. The Morgan fingerprint density at radius 1 is 1.48 bits per heavy atom. The van der Waals surface area contributed by atoms with E-state index in [1.807, 2.05) is 0 Å². The number of aromatic nitrogens is 4. The number of hydrogen-bond donors (Lipinski definition) is 2. The topological polar surface area (TPSA) is 107 Å². The van der Waals surface area contributed by atoms with Crippen LogP contribution in [0.4, 0.5) is 5.82 Å². The van der Waals surface area contributed by atoms with Crippen molar-refractivity contribution in [2.75, 3.05) is 5.73 Å².